The number of rotatable bonds is 4. The first-order valence-electron chi connectivity index (χ1n) is 5.17. The van der Waals surface area contributed by atoms with Crippen molar-refractivity contribution in [1.82, 2.24) is 15.5 Å². The van der Waals surface area contributed by atoms with Gasteiger partial charge in [0.15, 0.2) is 0 Å². The molecule has 0 spiro atoms. The summed E-state index contributed by atoms with van der Waals surface area (Å²) in [6.07, 6.45) is 1.82. The Morgan fingerprint density at radius 2 is 2.12 bits per heavy atom. The molecule has 0 aliphatic rings. The van der Waals surface area contributed by atoms with E-state index in [0.29, 0.717) is 0 Å². The lowest BCUT2D eigenvalue weighted by Gasteiger charge is -2.08. The van der Waals surface area contributed by atoms with Gasteiger partial charge < -0.3 is 10.1 Å². The molecule has 0 aliphatic heterocycles. The van der Waals surface area contributed by atoms with E-state index in [4.69, 9.17) is 4.74 Å². The number of ether oxygens (including phenoxy) is 1. The number of hydrogen-bond acceptors (Lipinski definition) is 3. The first-order chi connectivity index (χ1) is 7.86. The van der Waals surface area contributed by atoms with Crippen LogP contribution in [0.4, 0.5) is 0 Å². The number of hydrogen-bond donors (Lipinski definition) is 2. The first-order valence-corrected chi connectivity index (χ1v) is 5.17. The average Bonchev–Trinajstić information content (AvgIpc) is 2.77. The Bertz CT molecular complexity index is 465. The molecule has 2 aromatic rings. The quantitative estimate of drug-likeness (QED) is 0.821. The summed E-state index contributed by atoms with van der Waals surface area (Å²) in [6, 6.07) is 7.93. The molecule has 84 valence electrons. The molecular weight excluding hydrogens is 202 g/mol. The third kappa shape index (κ3) is 1.92. The van der Waals surface area contributed by atoms with Crippen molar-refractivity contribution in [2.45, 2.75) is 6.54 Å². The Balaban J connectivity index is 2.45. The molecule has 0 aliphatic carbocycles. The number of nitrogens with zero attached hydrogens (tertiary/aromatic N) is 1. The molecule has 1 aromatic heterocycles. The average molecular weight is 217 g/mol. The maximum atomic E-state index is 5.34. The van der Waals surface area contributed by atoms with Gasteiger partial charge in [0.2, 0.25) is 0 Å². The number of H-pyrrole nitrogens is 1. The SMILES string of the molecule is CNCc1[nH]ncc1-c1ccccc1OC. The third-order valence-corrected chi connectivity index (χ3v) is 2.47. The molecule has 4 nitrogen and oxygen atoms in total. The van der Waals surface area contributed by atoms with Crippen molar-refractivity contribution in [3.05, 3.63) is 36.2 Å². The number of aromatic amines is 1. The van der Waals surface area contributed by atoms with Crippen LogP contribution in [-0.2, 0) is 6.54 Å². The maximum absolute atomic E-state index is 5.34. The van der Waals surface area contributed by atoms with Gasteiger partial charge in [0, 0.05) is 17.7 Å². The molecule has 0 saturated heterocycles. The second-order valence-electron chi connectivity index (χ2n) is 3.49. The molecule has 0 bridgehead atoms. The minimum atomic E-state index is 0.757. The molecule has 0 saturated carbocycles. The van der Waals surface area contributed by atoms with Crippen molar-refractivity contribution in [2.24, 2.45) is 0 Å². The van der Waals surface area contributed by atoms with Gasteiger partial charge in [-0.1, -0.05) is 18.2 Å². The largest absolute Gasteiger partial charge is 0.496 e. The van der Waals surface area contributed by atoms with E-state index in [1.165, 1.54) is 0 Å². The minimum absolute atomic E-state index is 0.757. The van der Waals surface area contributed by atoms with Crippen LogP contribution in [0, 0.1) is 0 Å². The lowest BCUT2D eigenvalue weighted by atomic mass is 10.1. The number of para-hydroxylation sites is 1. The van der Waals surface area contributed by atoms with E-state index in [9.17, 15) is 0 Å². The molecule has 1 heterocycles. The molecule has 1 aromatic carbocycles. The molecule has 4 heteroatoms. The molecule has 0 radical (unpaired) electrons. The van der Waals surface area contributed by atoms with Gasteiger partial charge in [-0.25, -0.2) is 0 Å². The fourth-order valence-electron chi connectivity index (χ4n) is 1.72. The molecule has 0 atom stereocenters. The van der Waals surface area contributed by atoms with Gasteiger partial charge in [-0.3, -0.25) is 5.10 Å². The van der Waals surface area contributed by atoms with Gasteiger partial charge in [-0.15, -0.1) is 0 Å². The van der Waals surface area contributed by atoms with E-state index >= 15 is 0 Å². The van der Waals surface area contributed by atoms with Crippen LogP contribution >= 0.6 is 0 Å². The molecule has 0 unspecified atom stereocenters. The number of nitrogens with one attached hydrogen (secondary N) is 2. The lowest BCUT2D eigenvalue weighted by molar-refractivity contribution is 0.416. The standard InChI is InChI=1S/C12H15N3O/c1-13-8-11-10(7-14-15-11)9-5-3-4-6-12(9)16-2/h3-7,13H,8H2,1-2H3,(H,14,15). The summed E-state index contributed by atoms with van der Waals surface area (Å²) in [5, 5.41) is 10.2. The second kappa shape index (κ2) is 4.81. The third-order valence-electron chi connectivity index (χ3n) is 2.47. The van der Waals surface area contributed by atoms with Crippen LogP contribution in [0.15, 0.2) is 30.5 Å². The van der Waals surface area contributed by atoms with Gasteiger partial charge in [-0.2, -0.15) is 5.10 Å². The zero-order chi connectivity index (χ0) is 11.4. The Morgan fingerprint density at radius 1 is 1.31 bits per heavy atom. The summed E-state index contributed by atoms with van der Waals surface area (Å²) in [7, 11) is 3.59. The Kier molecular flexibility index (Phi) is 3.22. The lowest BCUT2D eigenvalue weighted by Crippen LogP contribution is -2.06. The highest BCUT2D eigenvalue weighted by Gasteiger charge is 2.10. The Labute approximate surface area is 94.6 Å². The molecule has 2 N–H and O–H groups in total. The van der Waals surface area contributed by atoms with Crippen LogP contribution in [0.1, 0.15) is 5.69 Å². The normalized spacial score (nSPS) is 10.4. The predicted octanol–water partition coefficient (Wildman–Crippen LogP) is 1.80. The number of benzene rings is 1. The summed E-state index contributed by atoms with van der Waals surface area (Å²) in [6.45, 7) is 0.757. The zero-order valence-electron chi connectivity index (χ0n) is 9.45. The summed E-state index contributed by atoms with van der Waals surface area (Å²) in [5.41, 5.74) is 3.20. The van der Waals surface area contributed by atoms with Gasteiger partial charge in [0.05, 0.1) is 19.0 Å². The Hall–Kier alpha value is -1.81. The molecular formula is C12H15N3O. The van der Waals surface area contributed by atoms with Crippen molar-refractivity contribution in [1.29, 1.82) is 0 Å². The molecule has 0 fully saturated rings. The van der Waals surface area contributed by atoms with Crippen LogP contribution in [-0.4, -0.2) is 24.4 Å². The van der Waals surface area contributed by atoms with Crippen LogP contribution in [0.3, 0.4) is 0 Å². The molecule has 16 heavy (non-hydrogen) atoms. The maximum Gasteiger partial charge on any atom is 0.126 e. The minimum Gasteiger partial charge on any atom is -0.496 e. The van der Waals surface area contributed by atoms with E-state index in [1.807, 2.05) is 37.5 Å². The summed E-state index contributed by atoms with van der Waals surface area (Å²) >= 11 is 0. The summed E-state index contributed by atoms with van der Waals surface area (Å²) in [5.74, 6) is 0.862. The van der Waals surface area contributed by atoms with Crippen LogP contribution in [0.2, 0.25) is 0 Å². The summed E-state index contributed by atoms with van der Waals surface area (Å²) < 4.78 is 5.34. The van der Waals surface area contributed by atoms with E-state index in [2.05, 4.69) is 15.5 Å². The van der Waals surface area contributed by atoms with Crippen molar-refractivity contribution in [2.75, 3.05) is 14.2 Å². The highest BCUT2D eigenvalue weighted by atomic mass is 16.5. The topological polar surface area (TPSA) is 49.9 Å². The molecule has 0 amide bonds. The zero-order valence-corrected chi connectivity index (χ0v) is 9.45. The highest BCUT2D eigenvalue weighted by Crippen LogP contribution is 2.30. The van der Waals surface area contributed by atoms with Crippen LogP contribution < -0.4 is 10.1 Å². The smallest absolute Gasteiger partial charge is 0.126 e. The van der Waals surface area contributed by atoms with Crippen molar-refractivity contribution in [3.8, 4) is 16.9 Å². The van der Waals surface area contributed by atoms with Crippen LogP contribution in [0.5, 0.6) is 5.75 Å². The predicted molar refractivity (Wildman–Crippen MR) is 63.3 cm³/mol. The van der Waals surface area contributed by atoms with E-state index in [0.717, 1.165) is 29.1 Å². The van der Waals surface area contributed by atoms with Gasteiger partial charge in [0.25, 0.3) is 0 Å². The second-order valence-corrected chi connectivity index (χ2v) is 3.49. The number of aromatic nitrogens is 2. The van der Waals surface area contributed by atoms with Gasteiger partial charge in [-0.05, 0) is 13.1 Å². The Morgan fingerprint density at radius 3 is 2.88 bits per heavy atom. The summed E-state index contributed by atoms with van der Waals surface area (Å²) in [4.78, 5) is 0. The highest BCUT2D eigenvalue weighted by molar-refractivity contribution is 5.71. The van der Waals surface area contributed by atoms with Crippen LogP contribution in [0.25, 0.3) is 11.1 Å². The monoisotopic (exact) mass is 217 g/mol. The van der Waals surface area contributed by atoms with Gasteiger partial charge >= 0.3 is 0 Å². The van der Waals surface area contributed by atoms with E-state index < -0.39 is 0 Å². The fourth-order valence-corrected chi connectivity index (χ4v) is 1.72. The molecule has 2 rings (SSSR count). The first kappa shape index (κ1) is 10.7. The number of methoxy groups -OCH3 is 1. The van der Waals surface area contributed by atoms with E-state index in [1.54, 1.807) is 7.11 Å². The fraction of sp³-hybridized carbons (Fsp3) is 0.250. The van der Waals surface area contributed by atoms with Crippen molar-refractivity contribution in [3.63, 3.8) is 0 Å². The van der Waals surface area contributed by atoms with Crippen molar-refractivity contribution < 1.29 is 4.74 Å². The van der Waals surface area contributed by atoms with E-state index in [-0.39, 0.29) is 0 Å². The van der Waals surface area contributed by atoms with Crippen molar-refractivity contribution >= 4 is 0 Å². The van der Waals surface area contributed by atoms with Gasteiger partial charge in [0.1, 0.15) is 5.75 Å².